The number of amides is 1. The molecule has 23 heavy (non-hydrogen) atoms. The van der Waals surface area contributed by atoms with Crippen LogP contribution in [-0.2, 0) is 9.53 Å². The van der Waals surface area contributed by atoms with E-state index in [1.54, 1.807) is 19.0 Å². The Morgan fingerprint density at radius 1 is 1.17 bits per heavy atom. The summed E-state index contributed by atoms with van der Waals surface area (Å²) in [6, 6.07) is 0.851. The molecule has 0 aromatic heterocycles. The molecule has 1 heterocycles. The van der Waals surface area contributed by atoms with E-state index in [9.17, 15) is 4.79 Å². The summed E-state index contributed by atoms with van der Waals surface area (Å²) in [6.45, 7) is 3.07. The zero-order valence-corrected chi connectivity index (χ0v) is 16.8. The third kappa shape index (κ3) is 7.24. The van der Waals surface area contributed by atoms with Crippen molar-refractivity contribution < 1.29 is 9.53 Å². The molecule has 1 amide bonds. The summed E-state index contributed by atoms with van der Waals surface area (Å²) in [5.74, 6) is 0.800. The Balaban J connectivity index is 0.00000264. The maximum absolute atomic E-state index is 11.8. The molecule has 2 unspecified atom stereocenters. The number of nitrogens with one attached hydrogen (secondary N) is 2. The number of hydrogen-bond acceptors (Lipinski definition) is 3. The van der Waals surface area contributed by atoms with Gasteiger partial charge in [0.2, 0.25) is 5.91 Å². The van der Waals surface area contributed by atoms with Gasteiger partial charge in [0.1, 0.15) is 6.54 Å². The number of carbonyl (C=O) groups is 1. The Morgan fingerprint density at radius 2 is 1.83 bits per heavy atom. The SMILES string of the molecule is CC1CC(NC(=NCC(=O)N(C)C)NC2CCCC2)CCO1.I. The lowest BCUT2D eigenvalue weighted by Gasteiger charge is -2.30. The van der Waals surface area contributed by atoms with Gasteiger partial charge in [-0.25, -0.2) is 4.99 Å². The van der Waals surface area contributed by atoms with E-state index in [1.165, 1.54) is 25.7 Å². The van der Waals surface area contributed by atoms with Crippen LogP contribution in [0.4, 0.5) is 0 Å². The first kappa shape index (κ1) is 20.5. The van der Waals surface area contributed by atoms with E-state index < -0.39 is 0 Å². The number of halogens is 1. The van der Waals surface area contributed by atoms with E-state index in [1.807, 2.05) is 0 Å². The van der Waals surface area contributed by atoms with E-state index in [2.05, 4.69) is 22.5 Å². The number of ether oxygens (including phenoxy) is 1. The van der Waals surface area contributed by atoms with Crippen LogP contribution >= 0.6 is 24.0 Å². The van der Waals surface area contributed by atoms with E-state index >= 15 is 0 Å². The minimum absolute atomic E-state index is 0. The highest BCUT2D eigenvalue weighted by Crippen LogP contribution is 2.18. The molecule has 2 N–H and O–H groups in total. The van der Waals surface area contributed by atoms with Crippen molar-refractivity contribution >= 4 is 35.8 Å². The van der Waals surface area contributed by atoms with Crippen LogP contribution in [0, 0.1) is 0 Å². The molecule has 6 nitrogen and oxygen atoms in total. The molecule has 2 rings (SSSR count). The van der Waals surface area contributed by atoms with Crippen LogP contribution in [0.25, 0.3) is 0 Å². The first-order valence-corrected chi connectivity index (χ1v) is 8.44. The van der Waals surface area contributed by atoms with Crippen LogP contribution in [0.2, 0.25) is 0 Å². The van der Waals surface area contributed by atoms with Crippen LogP contribution in [-0.4, -0.2) is 62.2 Å². The third-order valence-electron chi connectivity index (χ3n) is 4.39. The van der Waals surface area contributed by atoms with Crippen molar-refractivity contribution in [3.63, 3.8) is 0 Å². The monoisotopic (exact) mass is 438 g/mol. The lowest BCUT2D eigenvalue weighted by molar-refractivity contribution is -0.127. The average molecular weight is 438 g/mol. The van der Waals surface area contributed by atoms with E-state index in [4.69, 9.17) is 4.74 Å². The second-order valence-corrected chi connectivity index (χ2v) is 6.63. The first-order valence-electron chi connectivity index (χ1n) is 8.44. The summed E-state index contributed by atoms with van der Waals surface area (Å²) < 4.78 is 5.59. The molecule has 0 bridgehead atoms. The molecule has 0 aromatic carbocycles. The highest BCUT2D eigenvalue weighted by molar-refractivity contribution is 14.0. The summed E-state index contributed by atoms with van der Waals surface area (Å²) >= 11 is 0. The molecule has 2 fully saturated rings. The number of nitrogens with zero attached hydrogens (tertiary/aromatic N) is 2. The van der Waals surface area contributed by atoms with Crippen molar-refractivity contribution in [2.24, 2.45) is 4.99 Å². The van der Waals surface area contributed by atoms with Gasteiger partial charge >= 0.3 is 0 Å². The maximum Gasteiger partial charge on any atom is 0.243 e. The van der Waals surface area contributed by atoms with Crippen LogP contribution in [0.1, 0.15) is 45.4 Å². The number of rotatable bonds is 4. The molecular weight excluding hydrogens is 407 g/mol. The molecule has 1 aliphatic heterocycles. The van der Waals surface area contributed by atoms with Crippen LogP contribution in [0.15, 0.2) is 4.99 Å². The second kappa shape index (κ2) is 10.3. The van der Waals surface area contributed by atoms with Gasteiger partial charge in [0.05, 0.1) is 6.10 Å². The predicted octanol–water partition coefficient (Wildman–Crippen LogP) is 1.74. The number of likely N-dealkylation sites (N-methyl/N-ethyl adjacent to an activating group) is 1. The molecule has 0 radical (unpaired) electrons. The maximum atomic E-state index is 11.8. The Kier molecular flexibility index (Phi) is 9.19. The Labute approximate surface area is 156 Å². The van der Waals surface area contributed by atoms with Crippen LogP contribution < -0.4 is 10.6 Å². The number of carbonyl (C=O) groups excluding carboxylic acids is 1. The number of hydrogen-bond donors (Lipinski definition) is 2. The Bertz CT molecular complexity index is 398. The summed E-state index contributed by atoms with van der Waals surface area (Å²) in [7, 11) is 3.52. The van der Waals surface area contributed by atoms with Gasteiger partial charge in [0, 0.05) is 32.8 Å². The number of guanidine groups is 1. The van der Waals surface area contributed by atoms with E-state index in [0.29, 0.717) is 12.1 Å². The van der Waals surface area contributed by atoms with Gasteiger partial charge in [-0.05, 0) is 32.6 Å². The zero-order chi connectivity index (χ0) is 15.9. The smallest absolute Gasteiger partial charge is 0.243 e. The molecule has 1 saturated carbocycles. The van der Waals surface area contributed by atoms with Crippen molar-refractivity contribution in [1.82, 2.24) is 15.5 Å². The lowest BCUT2D eigenvalue weighted by atomic mass is 10.0. The Morgan fingerprint density at radius 3 is 2.43 bits per heavy atom. The standard InChI is InChI=1S/C16H30N4O2.HI/c1-12-10-14(8-9-22-12)19-16(17-11-15(21)20(2)3)18-13-6-4-5-7-13;/h12-14H,4-11H2,1-3H3,(H2,17,18,19);1H. The first-order chi connectivity index (χ1) is 10.5. The molecule has 134 valence electrons. The van der Waals surface area contributed by atoms with Crippen LogP contribution in [0.5, 0.6) is 0 Å². The van der Waals surface area contributed by atoms with Crippen molar-refractivity contribution in [3.05, 3.63) is 0 Å². The fourth-order valence-electron chi connectivity index (χ4n) is 3.01. The van der Waals surface area contributed by atoms with Gasteiger partial charge in [0.15, 0.2) is 5.96 Å². The quantitative estimate of drug-likeness (QED) is 0.399. The Hall–Kier alpha value is -0.570. The molecule has 7 heteroatoms. The second-order valence-electron chi connectivity index (χ2n) is 6.63. The molecule has 1 saturated heterocycles. The fourth-order valence-corrected chi connectivity index (χ4v) is 3.01. The molecule has 0 spiro atoms. The van der Waals surface area contributed by atoms with Gasteiger partial charge < -0.3 is 20.3 Å². The normalized spacial score (nSPS) is 25.6. The van der Waals surface area contributed by atoms with Gasteiger partial charge in [-0.2, -0.15) is 0 Å². The molecule has 2 atom stereocenters. The largest absolute Gasteiger partial charge is 0.378 e. The topological polar surface area (TPSA) is 66.0 Å². The highest BCUT2D eigenvalue weighted by atomic mass is 127. The van der Waals surface area contributed by atoms with E-state index in [0.717, 1.165) is 25.4 Å². The molecule has 2 aliphatic rings. The van der Waals surface area contributed by atoms with Crippen molar-refractivity contribution in [3.8, 4) is 0 Å². The van der Waals surface area contributed by atoms with Gasteiger partial charge in [-0.15, -0.1) is 24.0 Å². The number of aliphatic imine (C=N–C) groups is 1. The van der Waals surface area contributed by atoms with Crippen molar-refractivity contribution in [2.75, 3.05) is 27.2 Å². The van der Waals surface area contributed by atoms with Crippen molar-refractivity contribution in [1.29, 1.82) is 0 Å². The summed E-state index contributed by atoms with van der Waals surface area (Å²) in [4.78, 5) is 17.8. The van der Waals surface area contributed by atoms with Gasteiger partial charge in [-0.3, -0.25) is 4.79 Å². The third-order valence-corrected chi connectivity index (χ3v) is 4.39. The van der Waals surface area contributed by atoms with Gasteiger partial charge in [0.25, 0.3) is 0 Å². The van der Waals surface area contributed by atoms with Crippen LogP contribution in [0.3, 0.4) is 0 Å². The summed E-state index contributed by atoms with van der Waals surface area (Å²) in [5, 5.41) is 7.00. The minimum atomic E-state index is 0. The average Bonchev–Trinajstić information content (AvgIpc) is 2.97. The predicted molar refractivity (Wildman–Crippen MR) is 103 cm³/mol. The highest BCUT2D eigenvalue weighted by Gasteiger charge is 2.22. The lowest BCUT2D eigenvalue weighted by Crippen LogP contribution is -2.49. The fraction of sp³-hybridized carbons (Fsp3) is 0.875. The summed E-state index contributed by atoms with van der Waals surface area (Å²) in [5.41, 5.74) is 0. The van der Waals surface area contributed by atoms with E-state index in [-0.39, 0.29) is 42.5 Å². The molecular formula is C16H31IN4O2. The zero-order valence-electron chi connectivity index (χ0n) is 14.5. The summed E-state index contributed by atoms with van der Waals surface area (Å²) in [6.07, 6.45) is 7.16. The molecule has 1 aliphatic carbocycles. The minimum Gasteiger partial charge on any atom is -0.378 e. The van der Waals surface area contributed by atoms with Crippen molar-refractivity contribution in [2.45, 2.75) is 63.6 Å². The van der Waals surface area contributed by atoms with Gasteiger partial charge in [-0.1, -0.05) is 12.8 Å². The molecule has 0 aromatic rings.